The predicted octanol–water partition coefficient (Wildman–Crippen LogP) is 3.20. The van der Waals surface area contributed by atoms with E-state index in [-0.39, 0.29) is 23.7 Å². The third-order valence-corrected chi connectivity index (χ3v) is 4.30. The van der Waals surface area contributed by atoms with Crippen molar-refractivity contribution in [1.82, 2.24) is 0 Å². The minimum Gasteiger partial charge on any atom is -0.493 e. The van der Waals surface area contributed by atoms with Gasteiger partial charge in [-0.15, -0.1) is 0 Å². The minimum atomic E-state index is -1.26. The van der Waals surface area contributed by atoms with Crippen molar-refractivity contribution in [3.63, 3.8) is 0 Å². The summed E-state index contributed by atoms with van der Waals surface area (Å²) in [5, 5.41) is 14.0. The molecule has 0 aromatic heterocycles. The summed E-state index contributed by atoms with van der Waals surface area (Å²) in [6.07, 6.45) is -1.26. The number of amides is 1. The standard InChI is InChI=1S/C21H24N2O9/c1-6-31-19-10-14(15(23(26)27)11-18(19)30-5)21(25)32-12(2)20(24)22-13-7-8-16(28-3)17(9-13)29-4/h7-12H,6H2,1-5H3,(H,22,24). The van der Waals surface area contributed by atoms with E-state index in [4.69, 9.17) is 23.7 Å². The molecule has 11 heteroatoms. The highest BCUT2D eigenvalue weighted by atomic mass is 16.6. The van der Waals surface area contributed by atoms with E-state index in [0.29, 0.717) is 17.2 Å². The van der Waals surface area contributed by atoms with Crippen LogP contribution in [0.25, 0.3) is 0 Å². The van der Waals surface area contributed by atoms with Gasteiger partial charge < -0.3 is 29.0 Å². The van der Waals surface area contributed by atoms with Crippen LogP contribution in [0.5, 0.6) is 23.0 Å². The zero-order valence-corrected chi connectivity index (χ0v) is 18.3. The van der Waals surface area contributed by atoms with Gasteiger partial charge in [0, 0.05) is 17.8 Å². The molecule has 2 aromatic carbocycles. The number of nitro benzene ring substituents is 1. The average Bonchev–Trinajstić information content (AvgIpc) is 2.78. The van der Waals surface area contributed by atoms with Crippen molar-refractivity contribution in [3.05, 3.63) is 46.0 Å². The van der Waals surface area contributed by atoms with E-state index in [1.807, 2.05) is 0 Å². The number of ether oxygens (including phenoxy) is 5. The number of carbonyl (C=O) groups excluding carboxylic acids is 2. The molecule has 0 aliphatic heterocycles. The first-order valence-corrected chi connectivity index (χ1v) is 9.48. The van der Waals surface area contributed by atoms with Crippen LogP contribution in [0.4, 0.5) is 11.4 Å². The van der Waals surface area contributed by atoms with Gasteiger partial charge >= 0.3 is 5.97 Å². The molecule has 1 atom stereocenters. The highest BCUT2D eigenvalue weighted by Gasteiger charge is 2.28. The van der Waals surface area contributed by atoms with Gasteiger partial charge in [0.2, 0.25) is 0 Å². The van der Waals surface area contributed by atoms with Gasteiger partial charge in [-0.1, -0.05) is 0 Å². The van der Waals surface area contributed by atoms with Gasteiger partial charge in [-0.3, -0.25) is 14.9 Å². The Morgan fingerprint density at radius 2 is 1.62 bits per heavy atom. The topological polar surface area (TPSA) is 135 Å². The van der Waals surface area contributed by atoms with Crippen LogP contribution in [0, 0.1) is 10.1 Å². The maximum absolute atomic E-state index is 12.6. The maximum Gasteiger partial charge on any atom is 0.346 e. The largest absolute Gasteiger partial charge is 0.493 e. The Hall–Kier alpha value is -4.02. The second-order valence-electron chi connectivity index (χ2n) is 6.32. The van der Waals surface area contributed by atoms with E-state index in [2.05, 4.69) is 5.32 Å². The summed E-state index contributed by atoms with van der Waals surface area (Å²) in [6, 6.07) is 6.93. The van der Waals surface area contributed by atoms with Gasteiger partial charge in [0.15, 0.2) is 29.1 Å². The van der Waals surface area contributed by atoms with Crippen LogP contribution in [0.15, 0.2) is 30.3 Å². The van der Waals surface area contributed by atoms with Crippen LogP contribution in [0.3, 0.4) is 0 Å². The van der Waals surface area contributed by atoms with Crippen LogP contribution < -0.4 is 24.3 Å². The number of anilines is 1. The number of hydrogen-bond donors (Lipinski definition) is 1. The molecule has 0 fully saturated rings. The number of nitrogens with one attached hydrogen (secondary N) is 1. The Balaban J connectivity index is 2.21. The van der Waals surface area contributed by atoms with Gasteiger partial charge in [0.05, 0.1) is 38.9 Å². The number of methoxy groups -OCH3 is 3. The first-order chi connectivity index (χ1) is 15.2. The summed E-state index contributed by atoms with van der Waals surface area (Å²) >= 11 is 0. The van der Waals surface area contributed by atoms with Gasteiger partial charge in [0.1, 0.15) is 5.56 Å². The Kier molecular flexibility index (Phi) is 8.22. The van der Waals surface area contributed by atoms with Crippen molar-refractivity contribution in [2.75, 3.05) is 33.3 Å². The SMILES string of the molecule is CCOc1cc(C(=O)OC(C)C(=O)Nc2ccc(OC)c(OC)c2)c([N+](=O)[O-])cc1OC. The number of nitrogens with zero attached hydrogens (tertiary/aromatic N) is 1. The zero-order chi connectivity index (χ0) is 23.8. The fourth-order valence-corrected chi connectivity index (χ4v) is 2.73. The van der Waals surface area contributed by atoms with Gasteiger partial charge in [0.25, 0.3) is 11.6 Å². The summed E-state index contributed by atoms with van der Waals surface area (Å²) in [5.41, 5.74) is -0.530. The van der Waals surface area contributed by atoms with Crippen molar-refractivity contribution >= 4 is 23.3 Å². The molecule has 172 valence electrons. The first-order valence-electron chi connectivity index (χ1n) is 9.48. The molecule has 0 spiro atoms. The molecule has 0 saturated carbocycles. The third-order valence-electron chi connectivity index (χ3n) is 4.30. The normalized spacial score (nSPS) is 11.2. The number of carbonyl (C=O) groups is 2. The second kappa shape index (κ2) is 10.8. The van der Waals surface area contributed by atoms with Gasteiger partial charge in [-0.2, -0.15) is 0 Å². The summed E-state index contributed by atoms with van der Waals surface area (Å²) < 4.78 is 25.9. The van der Waals surface area contributed by atoms with Crippen LogP contribution in [-0.4, -0.2) is 50.8 Å². The summed E-state index contributed by atoms with van der Waals surface area (Å²) in [7, 11) is 4.25. The summed E-state index contributed by atoms with van der Waals surface area (Å²) in [6.45, 7) is 3.29. The molecule has 32 heavy (non-hydrogen) atoms. The van der Waals surface area contributed by atoms with Crippen LogP contribution in [-0.2, 0) is 9.53 Å². The quantitative estimate of drug-likeness (QED) is 0.330. The molecular formula is C21H24N2O9. The van der Waals surface area contributed by atoms with Crippen LogP contribution in [0.2, 0.25) is 0 Å². The smallest absolute Gasteiger partial charge is 0.346 e. The monoisotopic (exact) mass is 448 g/mol. The minimum absolute atomic E-state index is 0.0920. The Bertz CT molecular complexity index is 1010. The van der Waals surface area contributed by atoms with Gasteiger partial charge in [-0.25, -0.2) is 4.79 Å². The van der Waals surface area contributed by atoms with Crippen molar-refractivity contribution in [1.29, 1.82) is 0 Å². The molecular weight excluding hydrogens is 424 g/mol. The molecule has 0 bridgehead atoms. The van der Waals surface area contributed by atoms with E-state index < -0.39 is 28.6 Å². The fraction of sp³-hybridized carbons (Fsp3) is 0.333. The summed E-state index contributed by atoms with van der Waals surface area (Å²) in [4.78, 5) is 35.8. The number of nitro groups is 1. The molecule has 0 aliphatic carbocycles. The number of esters is 1. The zero-order valence-electron chi connectivity index (χ0n) is 18.3. The lowest BCUT2D eigenvalue weighted by Crippen LogP contribution is -2.30. The predicted molar refractivity (Wildman–Crippen MR) is 114 cm³/mol. The van der Waals surface area contributed by atoms with E-state index in [0.717, 1.165) is 12.1 Å². The van der Waals surface area contributed by atoms with Crippen LogP contribution in [0.1, 0.15) is 24.2 Å². The fourth-order valence-electron chi connectivity index (χ4n) is 2.73. The lowest BCUT2D eigenvalue weighted by Gasteiger charge is -2.16. The molecule has 0 heterocycles. The highest BCUT2D eigenvalue weighted by Crippen LogP contribution is 2.35. The first kappa shape index (κ1) is 24.3. The molecule has 0 saturated heterocycles. The lowest BCUT2D eigenvalue weighted by molar-refractivity contribution is -0.385. The Morgan fingerprint density at radius 3 is 2.19 bits per heavy atom. The molecule has 1 unspecified atom stereocenters. The van der Waals surface area contributed by atoms with Crippen LogP contribution >= 0.6 is 0 Å². The summed E-state index contributed by atoms with van der Waals surface area (Å²) in [5.74, 6) is -0.611. The Labute approximate surface area is 184 Å². The molecule has 2 aromatic rings. The van der Waals surface area contributed by atoms with E-state index in [1.165, 1.54) is 34.3 Å². The molecule has 1 N–H and O–H groups in total. The molecule has 0 aliphatic rings. The molecule has 2 rings (SSSR count). The second-order valence-corrected chi connectivity index (χ2v) is 6.32. The number of rotatable bonds is 10. The van der Waals surface area contributed by atoms with Crippen molar-refractivity contribution < 1.29 is 38.2 Å². The average molecular weight is 448 g/mol. The van der Waals surface area contributed by atoms with Crippen molar-refractivity contribution in [2.24, 2.45) is 0 Å². The molecule has 1 amide bonds. The maximum atomic E-state index is 12.6. The number of hydrogen-bond acceptors (Lipinski definition) is 9. The molecule has 0 radical (unpaired) electrons. The van der Waals surface area contributed by atoms with E-state index in [9.17, 15) is 19.7 Å². The Morgan fingerprint density at radius 1 is 1.00 bits per heavy atom. The van der Waals surface area contributed by atoms with E-state index in [1.54, 1.807) is 19.1 Å². The third kappa shape index (κ3) is 5.56. The lowest BCUT2D eigenvalue weighted by atomic mass is 10.1. The molecule has 11 nitrogen and oxygen atoms in total. The van der Waals surface area contributed by atoms with Crippen molar-refractivity contribution in [3.8, 4) is 23.0 Å². The van der Waals surface area contributed by atoms with Gasteiger partial charge in [-0.05, 0) is 26.0 Å². The van der Waals surface area contributed by atoms with E-state index >= 15 is 0 Å². The highest BCUT2D eigenvalue weighted by molar-refractivity contribution is 5.99. The van der Waals surface area contributed by atoms with Crippen molar-refractivity contribution in [2.45, 2.75) is 20.0 Å². The number of benzene rings is 2.